The molecule has 2 aromatic rings. The van der Waals surface area contributed by atoms with E-state index in [9.17, 15) is 18.7 Å². The molecule has 0 saturated heterocycles. The molecule has 0 aliphatic rings. The van der Waals surface area contributed by atoms with E-state index in [4.69, 9.17) is 22.8 Å². The average Bonchev–Trinajstić information content (AvgIpc) is 2.80. The predicted octanol–water partition coefficient (Wildman–Crippen LogP) is 4.99. The van der Waals surface area contributed by atoms with E-state index in [0.717, 1.165) is 24.7 Å². The van der Waals surface area contributed by atoms with Crippen molar-refractivity contribution in [1.29, 1.82) is 0 Å². The lowest BCUT2D eigenvalue weighted by atomic mass is 10.1. The van der Waals surface area contributed by atoms with Crippen LogP contribution in [0.2, 0.25) is 0 Å². The molecule has 11 heteroatoms. The summed E-state index contributed by atoms with van der Waals surface area (Å²) in [6, 6.07) is 17.9. The molecule has 186 valence electrons. The number of ketones is 1. The van der Waals surface area contributed by atoms with Crippen LogP contribution in [0.3, 0.4) is 0 Å². The molecule has 2 aromatic carbocycles. The Bertz CT molecular complexity index is 1030. The Kier molecular flexibility index (Phi) is 10.8. The molecular formula is C23H30O9P2. The van der Waals surface area contributed by atoms with Gasteiger partial charge in [0.2, 0.25) is 0 Å². The van der Waals surface area contributed by atoms with E-state index in [2.05, 4.69) is 0 Å². The summed E-state index contributed by atoms with van der Waals surface area (Å²) in [7, 11) is -7.73. The van der Waals surface area contributed by atoms with Crippen LogP contribution in [0, 0.1) is 0 Å². The molecule has 4 atom stereocenters. The zero-order valence-corrected chi connectivity index (χ0v) is 21.4. The molecule has 2 rings (SSSR count). The molecule has 0 fully saturated rings. The summed E-state index contributed by atoms with van der Waals surface area (Å²) in [5.74, 6) is -1.69. The quantitative estimate of drug-likeness (QED) is 0.255. The van der Waals surface area contributed by atoms with Crippen LogP contribution in [0.4, 0.5) is 0 Å². The third kappa shape index (κ3) is 9.63. The highest BCUT2D eigenvalue weighted by Crippen LogP contribution is 2.50. The monoisotopic (exact) mass is 512 g/mol. The highest BCUT2D eigenvalue weighted by atomic mass is 31.2. The second kappa shape index (κ2) is 13.1. The average molecular weight is 512 g/mol. The number of ether oxygens (including phenoxy) is 1. The first-order valence-corrected chi connectivity index (χ1v) is 14.6. The van der Waals surface area contributed by atoms with Crippen LogP contribution >= 0.6 is 15.2 Å². The molecule has 0 amide bonds. The van der Waals surface area contributed by atoms with Crippen LogP contribution in [-0.2, 0) is 54.8 Å². The van der Waals surface area contributed by atoms with E-state index in [0.29, 0.717) is 0 Å². The minimum Gasteiger partial charge on any atom is -0.464 e. The SMILES string of the molecule is CCOC(=O)[C@H](OP(C)(=O)OCc1ccccc1)[C@@H](OP(C)(=O)OCc1ccccc1)C(C)=O. The van der Waals surface area contributed by atoms with Crippen LogP contribution < -0.4 is 0 Å². The zero-order chi connectivity index (χ0) is 25.2. The standard InChI is InChI=1S/C23H30O9P2/c1-5-28-23(25)22(32-34(4,27)30-17-20-14-10-7-11-15-20)21(18(2)24)31-33(3,26)29-16-19-12-8-6-9-13-19/h6-15,21-22H,5,16-17H2,1-4H3/t21-,22+,33?,34?/m0/s1. The Balaban J connectivity index is 2.17. The van der Waals surface area contributed by atoms with Gasteiger partial charge in [0.15, 0.2) is 18.0 Å². The third-order valence-electron chi connectivity index (χ3n) is 4.42. The molecule has 0 heterocycles. The van der Waals surface area contributed by atoms with E-state index < -0.39 is 39.2 Å². The number of carbonyl (C=O) groups excluding carboxylic acids is 2. The lowest BCUT2D eigenvalue weighted by Gasteiger charge is -2.28. The predicted molar refractivity (Wildman–Crippen MR) is 127 cm³/mol. The highest BCUT2D eigenvalue weighted by molar-refractivity contribution is 7.53. The molecule has 0 N–H and O–H groups in total. The van der Waals surface area contributed by atoms with E-state index in [-0.39, 0.29) is 19.8 Å². The normalized spacial score (nSPS) is 16.6. The van der Waals surface area contributed by atoms with Crippen molar-refractivity contribution in [2.45, 2.75) is 39.3 Å². The van der Waals surface area contributed by atoms with E-state index in [1.54, 1.807) is 55.5 Å². The van der Waals surface area contributed by atoms with Crippen molar-refractivity contribution in [3.05, 3.63) is 71.8 Å². The number of benzene rings is 2. The fourth-order valence-corrected chi connectivity index (χ4v) is 4.96. The van der Waals surface area contributed by atoms with Crippen molar-refractivity contribution in [3.63, 3.8) is 0 Å². The second-order valence-corrected chi connectivity index (χ2v) is 11.5. The van der Waals surface area contributed by atoms with Crippen LogP contribution in [0.15, 0.2) is 60.7 Å². The first-order valence-electron chi connectivity index (χ1n) is 10.6. The largest absolute Gasteiger partial charge is 0.464 e. The van der Waals surface area contributed by atoms with Gasteiger partial charge < -0.3 is 13.8 Å². The Labute approximate surface area is 199 Å². The Morgan fingerprint density at radius 2 is 1.18 bits per heavy atom. The topological polar surface area (TPSA) is 114 Å². The molecule has 0 aliphatic heterocycles. The smallest absolute Gasteiger partial charge is 0.339 e. The van der Waals surface area contributed by atoms with Gasteiger partial charge in [-0.15, -0.1) is 0 Å². The molecule has 9 nitrogen and oxygen atoms in total. The Morgan fingerprint density at radius 3 is 1.56 bits per heavy atom. The van der Waals surface area contributed by atoms with Gasteiger partial charge in [-0.1, -0.05) is 60.7 Å². The van der Waals surface area contributed by atoms with Crippen molar-refractivity contribution in [1.82, 2.24) is 0 Å². The summed E-state index contributed by atoms with van der Waals surface area (Å²) >= 11 is 0. The first-order chi connectivity index (χ1) is 16.0. The fourth-order valence-electron chi connectivity index (χ4n) is 2.79. The van der Waals surface area contributed by atoms with Gasteiger partial charge in [0, 0.05) is 13.3 Å². The van der Waals surface area contributed by atoms with Crippen LogP contribution in [0.25, 0.3) is 0 Å². The van der Waals surface area contributed by atoms with Gasteiger partial charge in [-0.25, -0.2) is 4.79 Å². The van der Waals surface area contributed by atoms with Crippen molar-refractivity contribution >= 4 is 26.9 Å². The van der Waals surface area contributed by atoms with Gasteiger partial charge in [0.25, 0.3) is 0 Å². The second-order valence-electron chi connectivity index (χ2n) is 7.48. The lowest BCUT2D eigenvalue weighted by Crippen LogP contribution is -2.43. The molecular weight excluding hydrogens is 482 g/mol. The summed E-state index contributed by atoms with van der Waals surface area (Å²) < 4.78 is 52.6. The Hall–Kier alpha value is -2.12. The number of rotatable bonds is 14. The van der Waals surface area contributed by atoms with Crippen molar-refractivity contribution in [3.8, 4) is 0 Å². The molecule has 34 heavy (non-hydrogen) atoms. The molecule has 0 aromatic heterocycles. The minimum absolute atomic E-state index is 0.0313. The molecule has 0 radical (unpaired) electrons. The number of hydrogen-bond donors (Lipinski definition) is 0. The summed E-state index contributed by atoms with van der Waals surface area (Å²) in [5.41, 5.74) is 1.46. The minimum atomic E-state index is -3.88. The molecule has 0 saturated carbocycles. The molecule has 0 bridgehead atoms. The first kappa shape index (κ1) is 28.1. The van der Waals surface area contributed by atoms with Gasteiger partial charge in [-0.05, 0) is 25.0 Å². The van der Waals surface area contributed by atoms with Crippen LogP contribution in [0.5, 0.6) is 0 Å². The van der Waals surface area contributed by atoms with Gasteiger partial charge in [-0.3, -0.25) is 23.0 Å². The van der Waals surface area contributed by atoms with Gasteiger partial charge in [0.05, 0.1) is 19.8 Å². The summed E-state index contributed by atoms with van der Waals surface area (Å²) in [6.45, 7) is 4.89. The van der Waals surface area contributed by atoms with Gasteiger partial charge in [0.1, 0.15) is 0 Å². The number of carbonyl (C=O) groups is 2. The van der Waals surface area contributed by atoms with E-state index in [1.807, 2.05) is 12.1 Å². The van der Waals surface area contributed by atoms with Crippen LogP contribution in [-0.4, -0.2) is 43.9 Å². The molecule has 0 aliphatic carbocycles. The third-order valence-corrected chi connectivity index (χ3v) is 6.84. The van der Waals surface area contributed by atoms with Crippen LogP contribution in [0.1, 0.15) is 25.0 Å². The van der Waals surface area contributed by atoms with Gasteiger partial charge in [-0.2, -0.15) is 0 Å². The van der Waals surface area contributed by atoms with Gasteiger partial charge >= 0.3 is 21.2 Å². The number of Topliss-reactive ketones (excluding diaryl/α,β-unsaturated/α-hetero) is 1. The van der Waals surface area contributed by atoms with Crippen molar-refractivity contribution in [2.75, 3.05) is 19.9 Å². The molecule has 2 unspecified atom stereocenters. The van der Waals surface area contributed by atoms with Crippen molar-refractivity contribution < 1.29 is 41.6 Å². The molecule has 0 spiro atoms. The zero-order valence-electron chi connectivity index (χ0n) is 19.6. The van der Waals surface area contributed by atoms with E-state index >= 15 is 0 Å². The lowest BCUT2D eigenvalue weighted by molar-refractivity contribution is -0.159. The Morgan fingerprint density at radius 1 is 0.765 bits per heavy atom. The van der Waals surface area contributed by atoms with Crippen molar-refractivity contribution in [2.24, 2.45) is 0 Å². The van der Waals surface area contributed by atoms with E-state index in [1.165, 1.54) is 6.66 Å². The summed E-state index contributed by atoms with van der Waals surface area (Å²) in [6.07, 6.45) is -3.48. The summed E-state index contributed by atoms with van der Waals surface area (Å²) in [4.78, 5) is 25.0. The maximum atomic E-state index is 13.0. The number of hydrogen-bond acceptors (Lipinski definition) is 9. The number of esters is 1. The maximum absolute atomic E-state index is 13.0. The summed E-state index contributed by atoms with van der Waals surface area (Å²) in [5, 5.41) is 0. The highest BCUT2D eigenvalue weighted by Gasteiger charge is 2.42. The fraction of sp³-hybridized carbons (Fsp3) is 0.391. The maximum Gasteiger partial charge on any atom is 0.339 e.